The van der Waals surface area contributed by atoms with E-state index in [9.17, 15) is 43.5 Å². The van der Waals surface area contributed by atoms with Crippen LogP contribution in [-0.4, -0.2) is 218 Å². The molecular weight excluding hydrogens is 881 g/mol. The Labute approximate surface area is 399 Å². The molecule has 0 saturated heterocycles. The van der Waals surface area contributed by atoms with Gasteiger partial charge in [0.05, 0.1) is 39.3 Å². The normalized spacial score (nSPS) is 11.2. The van der Waals surface area contributed by atoms with E-state index in [-0.39, 0.29) is 72.2 Å². The number of hydrogen-bond donors (Lipinski definition) is 4. The van der Waals surface area contributed by atoms with Crippen molar-refractivity contribution in [1.29, 1.82) is 0 Å². The Balaban J connectivity index is 2.17. The predicted molar refractivity (Wildman–Crippen MR) is 256 cm³/mol. The zero-order valence-electron chi connectivity index (χ0n) is 39.4. The molecule has 0 spiro atoms. The van der Waals surface area contributed by atoms with Gasteiger partial charge in [-0.05, 0) is 69.4 Å². The van der Waals surface area contributed by atoms with Crippen molar-refractivity contribution in [3.8, 4) is 11.5 Å². The Morgan fingerprint density at radius 3 is 1.43 bits per heavy atom. The molecule has 0 bridgehead atoms. The number of unbranched alkanes of at least 4 members (excludes halogenated alkanes) is 2. The summed E-state index contributed by atoms with van der Waals surface area (Å²) in [5, 5.41) is 13.0. The fourth-order valence-electron chi connectivity index (χ4n) is 6.86. The predicted octanol–water partition coefficient (Wildman–Crippen LogP) is -1.24. The van der Waals surface area contributed by atoms with Gasteiger partial charge < -0.3 is 70.5 Å². The number of aliphatic hydroxyl groups is 1. The van der Waals surface area contributed by atoms with Crippen molar-refractivity contribution in [3.63, 3.8) is 0 Å². The number of amides is 7. The summed E-state index contributed by atoms with van der Waals surface area (Å²) in [7, 11) is 0. The molecular formula is C47H72N10O11. The third-order valence-corrected chi connectivity index (χ3v) is 10.6. The topological polar surface area (TPSA) is 262 Å². The lowest BCUT2D eigenvalue weighted by molar-refractivity contribution is -0.148. The number of nitrogens with zero attached hydrogens (tertiary/aromatic N) is 7. The Morgan fingerprint density at radius 2 is 0.971 bits per heavy atom. The summed E-state index contributed by atoms with van der Waals surface area (Å²) in [5.74, 6) is -2.63. The lowest BCUT2D eigenvalue weighted by Crippen LogP contribution is -2.52. The largest absolute Gasteiger partial charge is 0.454 e. The van der Waals surface area contributed by atoms with E-state index in [1.165, 1.54) is 48.8 Å². The summed E-state index contributed by atoms with van der Waals surface area (Å²) >= 11 is 0. The maximum absolute atomic E-state index is 14.0. The first-order valence-electron chi connectivity index (χ1n) is 22.7. The average molecular weight is 953 g/mol. The minimum atomic E-state index is -0.664. The average Bonchev–Trinajstić information content (AvgIpc) is 3.79. The van der Waals surface area contributed by atoms with Gasteiger partial charge in [-0.3, -0.25) is 33.6 Å². The van der Waals surface area contributed by atoms with Gasteiger partial charge in [-0.2, -0.15) is 0 Å². The van der Waals surface area contributed by atoms with Gasteiger partial charge >= 0.3 is 0 Å². The third-order valence-electron chi connectivity index (χ3n) is 10.6. The summed E-state index contributed by atoms with van der Waals surface area (Å²) in [4.78, 5) is 115. The molecule has 0 saturated carbocycles. The monoisotopic (exact) mass is 953 g/mol. The van der Waals surface area contributed by atoms with Crippen molar-refractivity contribution in [1.82, 2.24) is 39.6 Å². The molecule has 2 rings (SSSR count). The molecule has 0 aromatic heterocycles. The molecule has 1 aromatic rings. The molecule has 1 aliphatic heterocycles. The van der Waals surface area contributed by atoms with Gasteiger partial charge in [-0.25, -0.2) is 0 Å². The van der Waals surface area contributed by atoms with E-state index < -0.39 is 80.7 Å². The lowest BCUT2D eigenvalue weighted by atomic mass is 10.1. The van der Waals surface area contributed by atoms with Crippen LogP contribution in [0.2, 0.25) is 0 Å². The van der Waals surface area contributed by atoms with Gasteiger partial charge in [0.15, 0.2) is 11.5 Å². The lowest BCUT2D eigenvalue weighted by Gasteiger charge is -2.32. The van der Waals surface area contributed by atoms with Crippen molar-refractivity contribution >= 4 is 47.6 Å². The van der Waals surface area contributed by atoms with Gasteiger partial charge in [0.25, 0.3) is 0 Å². The maximum atomic E-state index is 14.0. The Morgan fingerprint density at radius 1 is 0.559 bits per heavy atom. The second-order valence-corrected chi connectivity index (χ2v) is 15.7. The van der Waals surface area contributed by atoms with E-state index in [0.717, 1.165) is 15.4 Å². The highest BCUT2D eigenvalue weighted by molar-refractivity contribution is 5.93. The fourth-order valence-corrected chi connectivity index (χ4v) is 6.86. The van der Waals surface area contributed by atoms with Crippen LogP contribution in [0.25, 0.3) is 0 Å². The van der Waals surface area contributed by atoms with Crippen LogP contribution in [0.5, 0.6) is 11.5 Å². The Bertz CT molecular complexity index is 1850. The molecule has 7 amide bonds. The van der Waals surface area contributed by atoms with Crippen molar-refractivity contribution in [2.24, 2.45) is 11.5 Å². The van der Waals surface area contributed by atoms with Crippen LogP contribution in [0.3, 0.4) is 0 Å². The van der Waals surface area contributed by atoms with E-state index in [1.54, 1.807) is 0 Å². The van der Waals surface area contributed by atoms with Crippen LogP contribution in [0.1, 0.15) is 31.2 Å². The smallest absolute Gasteiger partial charge is 0.242 e. The molecule has 0 atom stereocenters. The van der Waals surface area contributed by atoms with Crippen molar-refractivity contribution in [2.75, 3.05) is 131 Å². The zero-order valence-corrected chi connectivity index (χ0v) is 39.4. The number of aliphatic hydroxyl groups excluding tert-OH is 1. The molecule has 376 valence electrons. The number of rotatable bonds is 37. The first-order chi connectivity index (χ1) is 32.8. The van der Waals surface area contributed by atoms with E-state index in [1.807, 2.05) is 18.2 Å². The molecule has 68 heavy (non-hydrogen) atoms. The van der Waals surface area contributed by atoms with Crippen molar-refractivity contribution in [2.45, 2.75) is 32.1 Å². The number of fused-ring (bicyclic) bond motifs is 1. The Hall–Kier alpha value is -6.42. The van der Waals surface area contributed by atoms with Crippen molar-refractivity contribution in [3.05, 3.63) is 74.4 Å². The summed E-state index contributed by atoms with van der Waals surface area (Å²) in [5.41, 5.74) is 12.4. The number of nitrogens with one attached hydrogen (secondary N) is 1. The van der Waals surface area contributed by atoms with E-state index in [4.69, 9.17) is 20.9 Å². The molecule has 6 N–H and O–H groups in total. The van der Waals surface area contributed by atoms with Crippen molar-refractivity contribution < 1.29 is 52.9 Å². The van der Waals surface area contributed by atoms with E-state index in [0.29, 0.717) is 69.5 Å². The molecule has 1 aromatic carbocycles. The summed E-state index contributed by atoms with van der Waals surface area (Å²) < 4.78 is 10.8. The number of aldehydes is 1. The maximum Gasteiger partial charge on any atom is 0.242 e. The first kappa shape index (κ1) is 57.7. The second-order valence-electron chi connectivity index (χ2n) is 15.7. The third kappa shape index (κ3) is 20.6. The van der Waals surface area contributed by atoms with Crippen LogP contribution in [-0.2, 0) is 44.8 Å². The molecule has 1 heterocycles. The van der Waals surface area contributed by atoms with Gasteiger partial charge in [-0.15, -0.1) is 26.3 Å². The molecule has 0 aliphatic carbocycles. The summed E-state index contributed by atoms with van der Waals surface area (Å²) in [6.45, 7) is 12.4. The number of benzene rings is 1. The SMILES string of the molecule is C=CCN(CC=O)C(=O)CN(CCCCN)C(=O)CN(CC=C)C(=O)CN(CCCCN)C(=O)CN(CC=C)C(=O)CN(CCO)C(=O)CN(CC=C)C(=O)CNCCc1ccc2c(c1)OCO2. The number of carbonyl (C=O) groups excluding carboxylic acids is 8. The summed E-state index contributed by atoms with van der Waals surface area (Å²) in [6, 6.07) is 5.60. The number of nitrogens with two attached hydrogens (primary N) is 2. The van der Waals surface area contributed by atoms with Crippen LogP contribution in [0, 0.1) is 0 Å². The van der Waals surface area contributed by atoms with Gasteiger partial charge in [0, 0.05) is 45.8 Å². The highest BCUT2D eigenvalue weighted by Gasteiger charge is 2.29. The molecule has 0 radical (unpaired) electrons. The standard InChI is InChI=1S/C47H72N10O11/c1-5-19-51(25-27-58)42(61)31-55(23-11-9-16-48)45(64)33-53(21-7-3)43(62)35-56(24-12-10-17-49)46(65)34-54(22-8-4)44(63)36-57(26-28-59)47(66)32-52(20-6-2)41(60)30-50-18-15-38-13-14-39-40(29-38)68-37-67-39/h5-8,13-14,27,29,50,59H,1-4,9-12,15-26,28,30-37,48-49H2. The molecule has 0 fully saturated rings. The first-order valence-corrected chi connectivity index (χ1v) is 22.7. The highest BCUT2D eigenvalue weighted by Crippen LogP contribution is 2.32. The number of ether oxygens (including phenoxy) is 2. The summed E-state index contributed by atoms with van der Waals surface area (Å²) in [6.07, 6.45) is 8.89. The van der Waals surface area contributed by atoms with E-state index >= 15 is 0 Å². The second kappa shape index (κ2) is 33.1. The molecule has 21 heteroatoms. The van der Waals surface area contributed by atoms with Gasteiger partial charge in [-0.1, -0.05) is 30.4 Å². The fraction of sp³-hybridized carbons (Fsp3) is 0.532. The molecule has 21 nitrogen and oxygen atoms in total. The minimum Gasteiger partial charge on any atom is -0.454 e. The molecule has 1 aliphatic rings. The molecule has 0 unspecified atom stereocenters. The number of hydrogen-bond acceptors (Lipinski definition) is 14. The number of carbonyl (C=O) groups is 8. The van der Waals surface area contributed by atoms with Crippen LogP contribution in [0.15, 0.2) is 68.8 Å². The van der Waals surface area contributed by atoms with Gasteiger partial charge in [0.2, 0.25) is 48.1 Å². The Kier molecular flexibility index (Phi) is 28.1. The van der Waals surface area contributed by atoms with Gasteiger partial charge in [0.1, 0.15) is 25.9 Å². The highest BCUT2D eigenvalue weighted by atomic mass is 16.7. The van der Waals surface area contributed by atoms with E-state index in [2.05, 4.69) is 31.6 Å². The van der Waals surface area contributed by atoms with Crippen LogP contribution in [0.4, 0.5) is 0 Å². The van der Waals surface area contributed by atoms with Crippen LogP contribution < -0.4 is 26.3 Å². The van der Waals surface area contributed by atoms with Crippen LogP contribution >= 0.6 is 0 Å². The zero-order chi connectivity index (χ0) is 50.3. The minimum absolute atomic E-state index is 0.0353. The quantitative estimate of drug-likeness (QED) is 0.0346.